The summed E-state index contributed by atoms with van der Waals surface area (Å²) in [5.74, 6) is 0.0894. The van der Waals surface area contributed by atoms with Gasteiger partial charge in [0, 0.05) is 44.9 Å². The van der Waals surface area contributed by atoms with E-state index in [2.05, 4.69) is 26.7 Å². The van der Waals surface area contributed by atoms with Crippen LogP contribution >= 0.6 is 0 Å². The van der Waals surface area contributed by atoms with Crippen molar-refractivity contribution in [2.75, 3.05) is 29.9 Å². The molecule has 0 bridgehead atoms. The summed E-state index contributed by atoms with van der Waals surface area (Å²) < 4.78 is 1.80. The molecular formula is C16H19N5O. The predicted octanol–water partition coefficient (Wildman–Crippen LogP) is 1.21. The Morgan fingerprint density at radius 3 is 3.05 bits per heavy atom. The van der Waals surface area contributed by atoms with Gasteiger partial charge in [0.1, 0.15) is 0 Å². The summed E-state index contributed by atoms with van der Waals surface area (Å²) in [4.78, 5) is 14.4. The molecule has 1 amide bonds. The number of benzene rings is 1. The summed E-state index contributed by atoms with van der Waals surface area (Å²) in [6.07, 6.45) is 4.41. The van der Waals surface area contributed by atoms with Crippen molar-refractivity contribution in [3.8, 4) is 11.1 Å². The van der Waals surface area contributed by atoms with Crippen LogP contribution in [0.2, 0.25) is 0 Å². The molecule has 6 nitrogen and oxygen atoms in total. The molecule has 1 aromatic heterocycles. The highest BCUT2D eigenvalue weighted by molar-refractivity contribution is 5.97. The number of carbonyl (C=O) groups excluding carboxylic acids is 1. The van der Waals surface area contributed by atoms with Gasteiger partial charge in [0.2, 0.25) is 5.91 Å². The fourth-order valence-electron chi connectivity index (χ4n) is 3.30. The Bertz CT molecular complexity index is 723. The number of hydrogen-bond donors (Lipinski definition) is 2. The van der Waals surface area contributed by atoms with Gasteiger partial charge in [-0.05, 0) is 17.7 Å². The molecule has 6 heteroatoms. The SMILES string of the molecule is Cn1cc(-c2ccc3c(c2)N2CCNCC2CC(=O)N3)cn1. The van der Waals surface area contributed by atoms with E-state index in [1.165, 1.54) is 0 Å². The number of hydrogen-bond acceptors (Lipinski definition) is 4. The molecule has 4 rings (SSSR count). The number of aryl methyl sites for hydroxylation is 1. The normalized spacial score (nSPS) is 20.9. The van der Waals surface area contributed by atoms with Gasteiger partial charge in [-0.3, -0.25) is 9.48 Å². The quantitative estimate of drug-likeness (QED) is 0.830. The molecule has 0 aliphatic carbocycles. The maximum absolute atomic E-state index is 12.1. The van der Waals surface area contributed by atoms with E-state index in [4.69, 9.17) is 0 Å². The van der Waals surface area contributed by atoms with Gasteiger partial charge >= 0.3 is 0 Å². The summed E-state index contributed by atoms with van der Waals surface area (Å²) in [6, 6.07) is 6.42. The molecule has 2 aromatic rings. The second-order valence-corrected chi connectivity index (χ2v) is 5.94. The first-order valence-electron chi connectivity index (χ1n) is 7.61. The molecule has 0 radical (unpaired) electrons. The van der Waals surface area contributed by atoms with Crippen molar-refractivity contribution >= 4 is 17.3 Å². The molecule has 1 saturated heterocycles. The lowest BCUT2D eigenvalue weighted by Crippen LogP contribution is -2.51. The van der Waals surface area contributed by atoms with Crippen molar-refractivity contribution in [1.29, 1.82) is 0 Å². The Balaban J connectivity index is 1.79. The Kier molecular flexibility index (Phi) is 3.11. The standard InChI is InChI=1S/C16H19N5O/c1-20-10-12(8-18-20)11-2-3-14-15(6-11)21-5-4-17-9-13(21)7-16(22)19-14/h2-3,6,8,10,13,17H,4-5,7,9H2,1H3,(H,19,22). The summed E-state index contributed by atoms with van der Waals surface area (Å²) in [5.41, 5.74) is 4.23. The lowest BCUT2D eigenvalue weighted by atomic mass is 10.1. The second kappa shape index (κ2) is 5.14. The number of nitrogens with zero attached hydrogens (tertiary/aromatic N) is 3. The lowest BCUT2D eigenvalue weighted by Gasteiger charge is -2.36. The molecule has 0 saturated carbocycles. The number of carbonyl (C=O) groups is 1. The Morgan fingerprint density at radius 1 is 1.32 bits per heavy atom. The van der Waals surface area contributed by atoms with Crippen LogP contribution in [0.5, 0.6) is 0 Å². The molecule has 2 N–H and O–H groups in total. The lowest BCUT2D eigenvalue weighted by molar-refractivity contribution is -0.116. The first kappa shape index (κ1) is 13.3. The number of piperazine rings is 1. The third kappa shape index (κ3) is 2.25. The molecule has 1 unspecified atom stereocenters. The number of anilines is 2. The van der Waals surface area contributed by atoms with Gasteiger partial charge in [0.25, 0.3) is 0 Å². The van der Waals surface area contributed by atoms with Crippen LogP contribution in [0, 0.1) is 0 Å². The van der Waals surface area contributed by atoms with Crippen LogP contribution in [0.1, 0.15) is 6.42 Å². The number of rotatable bonds is 1. The van der Waals surface area contributed by atoms with E-state index in [1.54, 1.807) is 4.68 Å². The van der Waals surface area contributed by atoms with Crippen LogP contribution in [-0.4, -0.2) is 41.4 Å². The zero-order chi connectivity index (χ0) is 15.1. The minimum atomic E-state index is 0.0894. The van der Waals surface area contributed by atoms with E-state index in [0.717, 1.165) is 42.1 Å². The van der Waals surface area contributed by atoms with Gasteiger partial charge in [0.05, 0.1) is 23.6 Å². The maximum atomic E-state index is 12.1. The molecular weight excluding hydrogens is 278 g/mol. The summed E-state index contributed by atoms with van der Waals surface area (Å²) >= 11 is 0. The van der Waals surface area contributed by atoms with Crippen LogP contribution in [0.15, 0.2) is 30.6 Å². The average molecular weight is 297 g/mol. The number of aromatic nitrogens is 2. The topological polar surface area (TPSA) is 62.2 Å². The van der Waals surface area contributed by atoms with Gasteiger partial charge in [-0.1, -0.05) is 6.07 Å². The molecule has 3 heterocycles. The fraction of sp³-hybridized carbons (Fsp3) is 0.375. The number of nitrogens with one attached hydrogen (secondary N) is 2. The molecule has 2 aliphatic heterocycles. The molecule has 1 atom stereocenters. The first-order chi connectivity index (χ1) is 10.7. The van der Waals surface area contributed by atoms with Crippen molar-refractivity contribution in [3.05, 3.63) is 30.6 Å². The van der Waals surface area contributed by atoms with E-state index in [0.29, 0.717) is 6.42 Å². The summed E-state index contributed by atoms with van der Waals surface area (Å²) in [6.45, 7) is 2.72. The summed E-state index contributed by atoms with van der Waals surface area (Å²) in [5, 5.41) is 10.7. The zero-order valence-electron chi connectivity index (χ0n) is 12.5. The molecule has 1 fully saturated rings. The smallest absolute Gasteiger partial charge is 0.226 e. The van der Waals surface area contributed by atoms with E-state index < -0.39 is 0 Å². The fourth-order valence-corrected chi connectivity index (χ4v) is 3.30. The van der Waals surface area contributed by atoms with E-state index >= 15 is 0 Å². The molecule has 2 aliphatic rings. The highest BCUT2D eigenvalue weighted by atomic mass is 16.1. The van der Waals surface area contributed by atoms with Crippen LogP contribution in [-0.2, 0) is 11.8 Å². The van der Waals surface area contributed by atoms with E-state index in [1.807, 2.05) is 31.6 Å². The third-order valence-electron chi connectivity index (χ3n) is 4.39. The number of fused-ring (bicyclic) bond motifs is 3. The third-order valence-corrected chi connectivity index (χ3v) is 4.39. The second-order valence-electron chi connectivity index (χ2n) is 5.94. The Labute approximate surface area is 129 Å². The van der Waals surface area contributed by atoms with Crippen molar-refractivity contribution < 1.29 is 4.79 Å². The van der Waals surface area contributed by atoms with Crippen molar-refractivity contribution in [3.63, 3.8) is 0 Å². The largest absolute Gasteiger partial charge is 0.364 e. The van der Waals surface area contributed by atoms with Crippen LogP contribution in [0.25, 0.3) is 11.1 Å². The van der Waals surface area contributed by atoms with Crippen LogP contribution in [0.3, 0.4) is 0 Å². The van der Waals surface area contributed by atoms with Gasteiger partial charge in [-0.15, -0.1) is 0 Å². The Hall–Kier alpha value is -2.34. The van der Waals surface area contributed by atoms with Crippen molar-refractivity contribution in [2.45, 2.75) is 12.5 Å². The first-order valence-corrected chi connectivity index (χ1v) is 7.61. The van der Waals surface area contributed by atoms with E-state index in [9.17, 15) is 4.79 Å². The molecule has 1 aromatic carbocycles. The average Bonchev–Trinajstić information content (AvgIpc) is 2.89. The Morgan fingerprint density at radius 2 is 2.23 bits per heavy atom. The van der Waals surface area contributed by atoms with Gasteiger partial charge in [-0.2, -0.15) is 5.10 Å². The van der Waals surface area contributed by atoms with Crippen molar-refractivity contribution in [1.82, 2.24) is 15.1 Å². The monoisotopic (exact) mass is 297 g/mol. The molecule has 0 spiro atoms. The minimum Gasteiger partial charge on any atom is -0.364 e. The predicted molar refractivity (Wildman–Crippen MR) is 85.9 cm³/mol. The minimum absolute atomic E-state index is 0.0894. The maximum Gasteiger partial charge on any atom is 0.226 e. The molecule has 22 heavy (non-hydrogen) atoms. The van der Waals surface area contributed by atoms with Gasteiger partial charge in [-0.25, -0.2) is 0 Å². The zero-order valence-corrected chi connectivity index (χ0v) is 12.5. The highest BCUT2D eigenvalue weighted by Gasteiger charge is 2.30. The van der Waals surface area contributed by atoms with E-state index in [-0.39, 0.29) is 11.9 Å². The highest BCUT2D eigenvalue weighted by Crippen LogP contribution is 2.35. The van der Waals surface area contributed by atoms with Crippen molar-refractivity contribution in [2.24, 2.45) is 7.05 Å². The van der Waals surface area contributed by atoms with Gasteiger partial charge in [0.15, 0.2) is 0 Å². The van der Waals surface area contributed by atoms with Gasteiger partial charge < -0.3 is 15.5 Å². The summed E-state index contributed by atoms with van der Waals surface area (Å²) in [7, 11) is 1.92. The molecule has 114 valence electrons. The van der Waals surface area contributed by atoms with Crippen LogP contribution < -0.4 is 15.5 Å². The number of amides is 1. The van der Waals surface area contributed by atoms with Crippen LogP contribution in [0.4, 0.5) is 11.4 Å².